The van der Waals surface area contributed by atoms with Crippen molar-refractivity contribution >= 4 is 43.5 Å². The molecule has 106 valence electrons. The molecule has 1 saturated heterocycles. The normalized spacial score (nSPS) is 19.8. The van der Waals surface area contributed by atoms with Crippen LogP contribution in [0.2, 0.25) is 5.02 Å². The predicted molar refractivity (Wildman–Crippen MR) is 88.9 cm³/mol. The molecular weight excluding hydrogens is 391 g/mol. The van der Waals surface area contributed by atoms with Crippen LogP contribution in [0.3, 0.4) is 0 Å². The lowest BCUT2D eigenvalue weighted by Crippen LogP contribution is -2.31. The van der Waals surface area contributed by atoms with Gasteiger partial charge in [0, 0.05) is 27.7 Å². The Balaban J connectivity index is 2.09. The highest BCUT2D eigenvalue weighted by Crippen LogP contribution is 2.36. The first-order valence-corrected chi connectivity index (χ1v) is 9.32. The molecule has 0 bridgehead atoms. The van der Waals surface area contributed by atoms with Crippen LogP contribution in [0, 0.1) is 0 Å². The van der Waals surface area contributed by atoms with Gasteiger partial charge in [-0.2, -0.15) is 0 Å². The highest BCUT2D eigenvalue weighted by molar-refractivity contribution is 9.09. The summed E-state index contributed by atoms with van der Waals surface area (Å²) in [6.07, 6.45) is 5.11. The van der Waals surface area contributed by atoms with Crippen LogP contribution in [0.5, 0.6) is 0 Å². The van der Waals surface area contributed by atoms with Gasteiger partial charge in [-0.05, 0) is 43.4 Å². The van der Waals surface area contributed by atoms with Crippen molar-refractivity contribution in [3.8, 4) is 0 Å². The van der Waals surface area contributed by atoms with Gasteiger partial charge in [-0.1, -0.05) is 55.6 Å². The summed E-state index contributed by atoms with van der Waals surface area (Å²) in [5.74, 6) is 0. The second-order valence-corrected chi connectivity index (χ2v) is 6.79. The van der Waals surface area contributed by atoms with Gasteiger partial charge in [0.15, 0.2) is 0 Å². The minimum Gasteiger partial charge on any atom is -0.378 e. The van der Waals surface area contributed by atoms with Gasteiger partial charge in [0.05, 0.1) is 6.10 Å². The Labute approximate surface area is 137 Å². The zero-order chi connectivity index (χ0) is 13.7. The van der Waals surface area contributed by atoms with Crippen LogP contribution in [0.1, 0.15) is 31.2 Å². The number of alkyl halides is 2. The first kappa shape index (κ1) is 15.8. The van der Waals surface area contributed by atoms with Crippen LogP contribution in [0.15, 0.2) is 24.3 Å². The Morgan fingerprint density at radius 1 is 1.21 bits per heavy atom. The molecular formula is C15H19Br2ClO. The third-order valence-corrected chi connectivity index (χ3v) is 6.34. The Bertz CT molecular complexity index is 384. The van der Waals surface area contributed by atoms with Crippen molar-refractivity contribution in [2.75, 3.05) is 17.3 Å². The van der Waals surface area contributed by atoms with E-state index in [2.05, 4.69) is 44.0 Å². The molecule has 4 heteroatoms. The highest BCUT2D eigenvalue weighted by Gasteiger charge is 2.31. The summed E-state index contributed by atoms with van der Waals surface area (Å²) in [6, 6.07) is 8.23. The largest absolute Gasteiger partial charge is 0.378 e. The number of halogens is 3. The molecule has 0 spiro atoms. The van der Waals surface area contributed by atoms with E-state index >= 15 is 0 Å². The number of benzene rings is 1. The van der Waals surface area contributed by atoms with Crippen molar-refractivity contribution in [1.82, 2.24) is 0 Å². The molecule has 1 fully saturated rings. The van der Waals surface area contributed by atoms with Gasteiger partial charge in [-0.3, -0.25) is 0 Å². The molecule has 1 atom stereocenters. The van der Waals surface area contributed by atoms with Crippen molar-refractivity contribution in [2.24, 2.45) is 0 Å². The summed E-state index contributed by atoms with van der Waals surface area (Å²) in [5, 5.41) is 2.68. The third kappa shape index (κ3) is 3.96. The first-order chi connectivity index (χ1) is 9.20. The molecule has 0 aromatic heterocycles. The average molecular weight is 411 g/mol. The fourth-order valence-electron chi connectivity index (χ4n) is 2.58. The molecule has 1 aliphatic rings. The Morgan fingerprint density at radius 3 is 2.42 bits per heavy atom. The van der Waals surface area contributed by atoms with Gasteiger partial charge in [0.1, 0.15) is 0 Å². The van der Waals surface area contributed by atoms with E-state index in [0.717, 1.165) is 35.1 Å². The number of rotatable bonds is 6. The number of ether oxygens (including phenoxy) is 1. The Morgan fingerprint density at radius 2 is 1.89 bits per heavy atom. The highest BCUT2D eigenvalue weighted by atomic mass is 79.9. The van der Waals surface area contributed by atoms with Crippen molar-refractivity contribution < 1.29 is 4.74 Å². The fourth-order valence-corrected chi connectivity index (χ4v) is 4.84. The molecule has 1 unspecified atom stereocenters. The summed E-state index contributed by atoms with van der Waals surface area (Å²) in [7, 11) is 0. The molecule has 1 aromatic rings. The topological polar surface area (TPSA) is 9.23 Å². The monoisotopic (exact) mass is 408 g/mol. The zero-order valence-electron chi connectivity index (χ0n) is 10.9. The van der Waals surface area contributed by atoms with Crippen LogP contribution in [0.25, 0.3) is 0 Å². The molecule has 1 nitrogen and oxygen atoms in total. The van der Waals surface area contributed by atoms with Crippen LogP contribution < -0.4 is 0 Å². The van der Waals surface area contributed by atoms with E-state index in [0.29, 0.717) is 6.10 Å². The summed E-state index contributed by atoms with van der Waals surface area (Å²) >= 11 is 13.4. The standard InChI is InChI=1S/C15H19Br2ClO/c16-10-15(11-17,8-7-14-2-1-9-19-14)12-3-5-13(18)6-4-12/h3-6,14H,1-2,7-11H2. The quantitative estimate of drug-likeness (QED) is 0.576. The summed E-state index contributed by atoms with van der Waals surface area (Å²) in [4.78, 5) is 0. The SMILES string of the molecule is Clc1ccc(C(CBr)(CBr)CCC2CCCO2)cc1. The minimum absolute atomic E-state index is 0.122. The predicted octanol–water partition coefficient (Wildman–Crippen LogP) is 5.33. The van der Waals surface area contributed by atoms with E-state index in [1.807, 2.05) is 12.1 Å². The molecule has 19 heavy (non-hydrogen) atoms. The molecule has 1 aromatic carbocycles. The van der Waals surface area contributed by atoms with Crippen LogP contribution in [-0.2, 0) is 10.2 Å². The summed E-state index contributed by atoms with van der Waals surface area (Å²) in [5.41, 5.74) is 1.46. The van der Waals surface area contributed by atoms with E-state index in [1.165, 1.54) is 18.4 Å². The van der Waals surface area contributed by atoms with Gasteiger partial charge in [-0.25, -0.2) is 0 Å². The van der Waals surface area contributed by atoms with Crippen LogP contribution in [-0.4, -0.2) is 23.4 Å². The van der Waals surface area contributed by atoms with Crippen molar-refractivity contribution in [2.45, 2.75) is 37.2 Å². The maximum absolute atomic E-state index is 5.99. The Hall–Kier alpha value is 0.430. The molecule has 0 saturated carbocycles. The third-order valence-electron chi connectivity index (χ3n) is 3.94. The van der Waals surface area contributed by atoms with Crippen molar-refractivity contribution in [3.63, 3.8) is 0 Å². The molecule has 0 N–H and O–H groups in total. The van der Waals surface area contributed by atoms with E-state index in [-0.39, 0.29) is 5.41 Å². The fraction of sp³-hybridized carbons (Fsp3) is 0.600. The van der Waals surface area contributed by atoms with E-state index < -0.39 is 0 Å². The van der Waals surface area contributed by atoms with Gasteiger partial charge in [0.25, 0.3) is 0 Å². The van der Waals surface area contributed by atoms with Gasteiger partial charge < -0.3 is 4.74 Å². The van der Waals surface area contributed by atoms with Gasteiger partial charge >= 0.3 is 0 Å². The van der Waals surface area contributed by atoms with E-state index in [1.54, 1.807) is 0 Å². The summed E-state index contributed by atoms with van der Waals surface area (Å²) in [6.45, 7) is 0.932. The summed E-state index contributed by atoms with van der Waals surface area (Å²) < 4.78 is 5.74. The lowest BCUT2D eigenvalue weighted by Gasteiger charge is -2.31. The lowest BCUT2D eigenvalue weighted by molar-refractivity contribution is 0.0979. The molecule has 0 amide bonds. The molecule has 0 radical (unpaired) electrons. The van der Waals surface area contributed by atoms with E-state index in [4.69, 9.17) is 16.3 Å². The number of hydrogen-bond donors (Lipinski definition) is 0. The number of hydrogen-bond acceptors (Lipinski definition) is 1. The van der Waals surface area contributed by atoms with Crippen molar-refractivity contribution in [1.29, 1.82) is 0 Å². The maximum Gasteiger partial charge on any atom is 0.0576 e. The average Bonchev–Trinajstić information content (AvgIpc) is 2.95. The van der Waals surface area contributed by atoms with Crippen LogP contribution in [0.4, 0.5) is 0 Å². The minimum atomic E-state index is 0.122. The van der Waals surface area contributed by atoms with Crippen LogP contribution >= 0.6 is 43.5 Å². The second-order valence-electron chi connectivity index (χ2n) is 5.23. The Kier molecular flexibility index (Phi) is 6.19. The van der Waals surface area contributed by atoms with Gasteiger partial charge in [-0.15, -0.1) is 0 Å². The lowest BCUT2D eigenvalue weighted by atomic mass is 9.79. The van der Waals surface area contributed by atoms with Crippen molar-refractivity contribution in [3.05, 3.63) is 34.9 Å². The maximum atomic E-state index is 5.99. The first-order valence-electron chi connectivity index (χ1n) is 6.70. The second kappa shape index (κ2) is 7.44. The smallest absolute Gasteiger partial charge is 0.0576 e. The van der Waals surface area contributed by atoms with Gasteiger partial charge in [0.2, 0.25) is 0 Å². The molecule has 0 aliphatic carbocycles. The van der Waals surface area contributed by atoms with E-state index in [9.17, 15) is 0 Å². The molecule has 1 aliphatic heterocycles. The zero-order valence-corrected chi connectivity index (χ0v) is 14.8. The molecule has 2 rings (SSSR count). The molecule has 1 heterocycles.